The number of nitrogens with two attached hydrogens (primary N) is 1. The third kappa shape index (κ3) is 2.08. The van der Waals surface area contributed by atoms with E-state index >= 15 is 0 Å². The lowest BCUT2D eigenvalue weighted by atomic mass is 10.1. The molecule has 0 spiro atoms. The number of aromatic nitrogens is 3. The minimum Gasteiger partial charge on any atom is -0.494 e. The van der Waals surface area contributed by atoms with E-state index in [0.717, 1.165) is 24.2 Å². The minimum absolute atomic E-state index is 0.599. The predicted molar refractivity (Wildman–Crippen MR) is 66.7 cm³/mol. The van der Waals surface area contributed by atoms with Gasteiger partial charge >= 0.3 is 0 Å². The second kappa shape index (κ2) is 4.86. The Labute approximate surface area is 100 Å². The van der Waals surface area contributed by atoms with Crippen LogP contribution in [0, 0.1) is 0 Å². The molecule has 2 aromatic rings. The molecule has 0 aliphatic rings. The quantitative estimate of drug-likeness (QED) is 0.874. The zero-order chi connectivity index (χ0) is 12.3. The zero-order valence-electron chi connectivity index (χ0n) is 10.1. The highest BCUT2D eigenvalue weighted by atomic mass is 16.5. The summed E-state index contributed by atoms with van der Waals surface area (Å²) in [7, 11) is 1.61. The molecule has 2 aromatic heterocycles. The molecule has 0 unspecified atom stereocenters. The van der Waals surface area contributed by atoms with Crippen LogP contribution in [0.2, 0.25) is 0 Å². The Morgan fingerprint density at radius 1 is 1.41 bits per heavy atom. The first-order valence-electron chi connectivity index (χ1n) is 5.57. The summed E-state index contributed by atoms with van der Waals surface area (Å²) < 4.78 is 7.22. The Hall–Kier alpha value is -2.04. The predicted octanol–water partition coefficient (Wildman–Crippen LogP) is 1.95. The molecular weight excluding hydrogens is 216 g/mol. The topological polar surface area (TPSA) is 66.0 Å². The number of hydrogen-bond acceptors (Lipinski definition) is 4. The third-order valence-corrected chi connectivity index (χ3v) is 2.57. The smallest absolute Gasteiger partial charge is 0.148 e. The first-order valence-corrected chi connectivity index (χ1v) is 5.57. The molecule has 0 fully saturated rings. The van der Waals surface area contributed by atoms with Crippen molar-refractivity contribution in [2.45, 2.75) is 19.9 Å². The van der Waals surface area contributed by atoms with Crippen LogP contribution in [0.3, 0.4) is 0 Å². The molecule has 0 amide bonds. The van der Waals surface area contributed by atoms with E-state index in [2.05, 4.69) is 17.0 Å². The van der Waals surface area contributed by atoms with Gasteiger partial charge < -0.3 is 10.5 Å². The highest BCUT2D eigenvalue weighted by molar-refractivity contribution is 5.78. The van der Waals surface area contributed by atoms with Crippen molar-refractivity contribution in [2.24, 2.45) is 0 Å². The largest absolute Gasteiger partial charge is 0.494 e. The van der Waals surface area contributed by atoms with Gasteiger partial charge in [-0.05, 0) is 12.5 Å². The summed E-state index contributed by atoms with van der Waals surface area (Å²) in [4.78, 5) is 4.02. The van der Waals surface area contributed by atoms with E-state index in [-0.39, 0.29) is 0 Å². The summed E-state index contributed by atoms with van der Waals surface area (Å²) in [5.41, 5.74) is 8.39. The van der Waals surface area contributed by atoms with Gasteiger partial charge in [-0.3, -0.25) is 9.67 Å². The average Bonchev–Trinajstić information content (AvgIpc) is 2.77. The molecule has 0 aromatic carbocycles. The lowest BCUT2D eigenvalue weighted by molar-refractivity contribution is 0.414. The lowest BCUT2D eigenvalue weighted by Crippen LogP contribution is -2.04. The Morgan fingerprint density at radius 2 is 2.24 bits per heavy atom. The highest BCUT2D eigenvalue weighted by Crippen LogP contribution is 2.33. The van der Waals surface area contributed by atoms with Gasteiger partial charge in [0.05, 0.1) is 36.4 Å². The van der Waals surface area contributed by atoms with Gasteiger partial charge in [-0.1, -0.05) is 6.92 Å². The maximum atomic E-state index is 5.97. The molecule has 5 heteroatoms. The summed E-state index contributed by atoms with van der Waals surface area (Å²) in [5.74, 6) is 0.669. The second-order valence-corrected chi connectivity index (χ2v) is 3.75. The van der Waals surface area contributed by atoms with Gasteiger partial charge in [-0.25, -0.2) is 0 Å². The standard InChI is InChI=1S/C12H16N4O/c1-3-6-16-10(4-5-15-16)12-9(13)7-14-8-11(12)17-2/h4-5,7-8H,3,6,13H2,1-2H3. The number of rotatable bonds is 4. The first kappa shape index (κ1) is 11.4. The van der Waals surface area contributed by atoms with E-state index in [9.17, 15) is 0 Å². The van der Waals surface area contributed by atoms with Crippen LogP contribution >= 0.6 is 0 Å². The molecule has 0 saturated carbocycles. The summed E-state index contributed by atoms with van der Waals surface area (Å²) in [6.45, 7) is 2.96. The third-order valence-electron chi connectivity index (χ3n) is 2.57. The number of hydrogen-bond donors (Lipinski definition) is 1. The number of ether oxygens (including phenoxy) is 1. The zero-order valence-corrected chi connectivity index (χ0v) is 10.1. The van der Waals surface area contributed by atoms with Crippen molar-refractivity contribution < 1.29 is 4.74 Å². The molecule has 2 N–H and O–H groups in total. The number of aryl methyl sites for hydroxylation is 1. The van der Waals surface area contributed by atoms with Gasteiger partial charge in [0.2, 0.25) is 0 Å². The number of nitrogen functional groups attached to an aromatic ring is 1. The van der Waals surface area contributed by atoms with Crippen molar-refractivity contribution in [1.82, 2.24) is 14.8 Å². The molecule has 0 aliphatic carbocycles. The Balaban J connectivity index is 2.55. The maximum absolute atomic E-state index is 5.97. The molecule has 0 radical (unpaired) electrons. The molecule has 2 rings (SSSR count). The van der Waals surface area contributed by atoms with Crippen LogP contribution in [0.15, 0.2) is 24.7 Å². The van der Waals surface area contributed by atoms with Crippen LogP contribution in [0.1, 0.15) is 13.3 Å². The van der Waals surface area contributed by atoms with E-state index in [1.165, 1.54) is 0 Å². The second-order valence-electron chi connectivity index (χ2n) is 3.75. The van der Waals surface area contributed by atoms with Crippen molar-refractivity contribution >= 4 is 5.69 Å². The van der Waals surface area contributed by atoms with E-state index < -0.39 is 0 Å². The van der Waals surface area contributed by atoms with Gasteiger partial charge in [0.1, 0.15) is 5.75 Å². The van der Waals surface area contributed by atoms with E-state index in [4.69, 9.17) is 10.5 Å². The molecule has 5 nitrogen and oxygen atoms in total. The van der Waals surface area contributed by atoms with Crippen LogP contribution in [-0.4, -0.2) is 21.9 Å². The summed E-state index contributed by atoms with van der Waals surface area (Å²) in [6, 6.07) is 1.93. The van der Waals surface area contributed by atoms with Crippen molar-refractivity contribution in [3.05, 3.63) is 24.7 Å². The summed E-state index contributed by atoms with van der Waals surface area (Å²) in [5, 5.41) is 4.28. The van der Waals surface area contributed by atoms with Crippen molar-refractivity contribution in [3.63, 3.8) is 0 Å². The Bertz CT molecular complexity index is 507. The van der Waals surface area contributed by atoms with Gasteiger partial charge in [0.15, 0.2) is 0 Å². The lowest BCUT2D eigenvalue weighted by Gasteiger charge is -2.12. The van der Waals surface area contributed by atoms with Crippen LogP contribution in [0.5, 0.6) is 5.75 Å². The fraction of sp³-hybridized carbons (Fsp3) is 0.333. The summed E-state index contributed by atoms with van der Waals surface area (Å²) >= 11 is 0. The Morgan fingerprint density at radius 3 is 2.94 bits per heavy atom. The van der Waals surface area contributed by atoms with Crippen LogP contribution in [0.25, 0.3) is 11.3 Å². The maximum Gasteiger partial charge on any atom is 0.148 e. The van der Waals surface area contributed by atoms with Gasteiger partial charge in [0, 0.05) is 12.7 Å². The van der Waals surface area contributed by atoms with Crippen molar-refractivity contribution in [2.75, 3.05) is 12.8 Å². The molecule has 2 heterocycles. The number of methoxy groups -OCH3 is 1. The van der Waals surface area contributed by atoms with Gasteiger partial charge in [-0.15, -0.1) is 0 Å². The molecule has 0 aliphatic heterocycles. The minimum atomic E-state index is 0.599. The van der Waals surface area contributed by atoms with E-state index in [1.54, 1.807) is 25.7 Å². The van der Waals surface area contributed by atoms with Crippen LogP contribution in [-0.2, 0) is 6.54 Å². The fourth-order valence-corrected chi connectivity index (χ4v) is 1.82. The van der Waals surface area contributed by atoms with Crippen molar-refractivity contribution in [1.29, 1.82) is 0 Å². The molecular formula is C12H16N4O. The molecule has 90 valence electrons. The molecule has 0 saturated heterocycles. The SMILES string of the molecule is CCCn1nccc1-c1c(N)cncc1OC. The number of anilines is 1. The normalized spacial score (nSPS) is 10.5. The van der Waals surface area contributed by atoms with E-state index in [0.29, 0.717) is 11.4 Å². The summed E-state index contributed by atoms with van der Waals surface area (Å²) in [6.07, 6.45) is 6.07. The first-order chi connectivity index (χ1) is 8.27. The Kier molecular flexibility index (Phi) is 3.27. The van der Waals surface area contributed by atoms with E-state index in [1.807, 2.05) is 10.7 Å². The van der Waals surface area contributed by atoms with Crippen molar-refractivity contribution in [3.8, 4) is 17.0 Å². The van der Waals surface area contributed by atoms with Gasteiger partial charge in [-0.2, -0.15) is 5.10 Å². The molecule has 0 bridgehead atoms. The monoisotopic (exact) mass is 232 g/mol. The fourth-order valence-electron chi connectivity index (χ4n) is 1.82. The van der Waals surface area contributed by atoms with Crippen LogP contribution < -0.4 is 10.5 Å². The highest BCUT2D eigenvalue weighted by Gasteiger charge is 2.14. The molecule has 0 atom stereocenters. The molecule has 17 heavy (non-hydrogen) atoms. The number of nitrogens with zero attached hydrogens (tertiary/aromatic N) is 3. The average molecular weight is 232 g/mol. The van der Waals surface area contributed by atoms with Gasteiger partial charge in [0.25, 0.3) is 0 Å². The van der Waals surface area contributed by atoms with Crippen LogP contribution in [0.4, 0.5) is 5.69 Å². The number of pyridine rings is 1.